The van der Waals surface area contributed by atoms with Crippen LogP contribution < -0.4 is 0 Å². The van der Waals surface area contributed by atoms with E-state index in [4.69, 9.17) is 9.97 Å². The van der Waals surface area contributed by atoms with Gasteiger partial charge >= 0.3 is 0 Å². The molecule has 0 atom stereocenters. The van der Waals surface area contributed by atoms with Gasteiger partial charge in [0.2, 0.25) is 5.95 Å². The molecule has 0 spiro atoms. The van der Waals surface area contributed by atoms with Gasteiger partial charge in [-0.25, -0.2) is 9.97 Å². The molecule has 13 aromatic rings. The third kappa shape index (κ3) is 5.74. The average Bonchev–Trinajstić information content (AvgIpc) is 4.05. The lowest BCUT2D eigenvalue weighted by Gasteiger charge is -2.11. The van der Waals surface area contributed by atoms with Gasteiger partial charge in [0.15, 0.2) is 0 Å². The van der Waals surface area contributed by atoms with Crippen molar-refractivity contribution >= 4 is 75.9 Å². The Hall–Kier alpha value is -8.12. The Bertz CT molecular complexity index is 3900. The van der Waals surface area contributed by atoms with Gasteiger partial charge in [-0.2, -0.15) is 0 Å². The van der Waals surface area contributed by atoms with Crippen molar-refractivity contribution in [3.8, 4) is 55.6 Å². The van der Waals surface area contributed by atoms with E-state index in [-0.39, 0.29) is 0 Å². The first-order valence-electron chi connectivity index (χ1n) is 21.3. The summed E-state index contributed by atoms with van der Waals surface area (Å²) in [6.45, 7) is 0. The minimum absolute atomic E-state index is 0.664. The monoisotopic (exact) mass is 820 g/mol. The van der Waals surface area contributed by atoms with E-state index in [1.807, 2.05) is 0 Å². The number of rotatable bonds is 6. The highest BCUT2D eigenvalue weighted by molar-refractivity contribution is 7.21. The van der Waals surface area contributed by atoms with Crippen LogP contribution >= 0.6 is 11.3 Å². The van der Waals surface area contributed by atoms with Gasteiger partial charge in [0.05, 0.1) is 27.8 Å². The second kappa shape index (κ2) is 14.2. The fourth-order valence-corrected chi connectivity index (χ4v) is 10.7. The van der Waals surface area contributed by atoms with Gasteiger partial charge in [-0.3, -0.25) is 4.57 Å². The molecule has 9 aromatic carbocycles. The van der Waals surface area contributed by atoms with Crippen LogP contribution in [0.25, 0.3) is 120 Å². The molecular weight excluding hydrogens is 785 g/mol. The molecule has 294 valence electrons. The lowest BCUT2D eigenvalue weighted by Crippen LogP contribution is -2.02. The van der Waals surface area contributed by atoms with E-state index < -0.39 is 0 Å². The normalized spacial score (nSPS) is 11.8. The molecular formula is C58H36N4S. The molecule has 0 saturated heterocycles. The van der Waals surface area contributed by atoms with Crippen molar-refractivity contribution in [2.24, 2.45) is 0 Å². The van der Waals surface area contributed by atoms with E-state index in [0.29, 0.717) is 5.95 Å². The summed E-state index contributed by atoms with van der Waals surface area (Å²) >= 11 is 1.72. The molecule has 0 fully saturated rings. The predicted octanol–water partition coefficient (Wildman–Crippen LogP) is 15.7. The summed E-state index contributed by atoms with van der Waals surface area (Å²) in [5.41, 5.74) is 13.6. The average molecular weight is 821 g/mol. The lowest BCUT2D eigenvalue weighted by atomic mass is 9.96. The van der Waals surface area contributed by atoms with Gasteiger partial charge in [-0.05, 0) is 99.3 Å². The molecule has 4 heterocycles. The topological polar surface area (TPSA) is 35.6 Å². The minimum Gasteiger partial charge on any atom is -0.309 e. The molecule has 0 aliphatic carbocycles. The van der Waals surface area contributed by atoms with Crippen LogP contribution in [0.2, 0.25) is 0 Å². The van der Waals surface area contributed by atoms with E-state index in [0.717, 1.165) is 43.8 Å². The van der Waals surface area contributed by atoms with Crippen LogP contribution in [0.4, 0.5) is 0 Å². The summed E-state index contributed by atoms with van der Waals surface area (Å²) in [6, 6.07) is 78.6. The van der Waals surface area contributed by atoms with Crippen LogP contribution in [0.1, 0.15) is 0 Å². The summed E-state index contributed by atoms with van der Waals surface area (Å²) in [5.74, 6) is 0.664. The highest BCUT2D eigenvalue weighted by Crippen LogP contribution is 2.42. The standard InChI is InChI=1S/C58H36N4S/c1-4-16-38(17-5-1)54-36-49-56(39-18-6-2-7-19-39)59-58(60-57(49)63-54)62-52-31-29-43(35-48(52)55-45-24-11-10-15-37(45)27-32-53(55)62)41-21-14-20-40(33-41)42-28-30-51-47(34-42)46-25-12-13-26-50(46)61(51)44-22-8-3-9-23-44/h1-36H. The zero-order chi connectivity index (χ0) is 41.4. The maximum absolute atomic E-state index is 5.44. The molecule has 13 rings (SSSR count). The second-order valence-corrected chi connectivity index (χ2v) is 17.2. The van der Waals surface area contributed by atoms with E-state index in [1.54, 1.807) is 11.3 Å². The molecule has 63 heavy (non-hydrogen) atoms. The Balaban J connectivity index is 0.988. The van der Waals surface area contributed by atoms with Crippen molar-refractivity contribution in [1.29, 1.82) is 0 Å². The van der Waals surface area contributed by atoms with E-state index >= 15 is 0 Å². The summed E-state index contributed by atoms with van der Waals surface area (Å²) in [5, 5.41) is 8.32. The molecule has 0 aliphatic heterocycles. The maximum atomic E-state index is 5.44. The molecule has 0 aliphatic rings. The molecule has 5 heteroatoms. The maximum Gasteiger partial charge on any atom is 0.236 e. The summed E-state index contributed by atoms with van der Waals surface area (Å²) in [7, 11) is 0. The molecule has 0 amide bonds. The highest BCUT2D eigenvalue weighted by Gasteiger charge is 2.21. The molecule has 0 N–H and O–H groups in total. The van der Waals surface area contributed by atoms with Crippen LogP contribution in [0.15, 0.2) is 218 Å². The third-order valence-corrected chi connectivity index (χ3v) is 13.6. The number of para-hydroxylation sites is 2. The van der Waals surface area contributed by atoms with Crippen molar-refractivity contribution in [1.82, 2.24) is 19.1 Å². The van der Waals surface area contributed by atoms with E-state index in [9.17, 15) is 0 Å². The Labute approximate surface area is 367 Å². The second-order valence-electron chi connectivity index (χ2n) is 16.2. The zero-order valence-corrected chi connectivity index (χ0v) is 34.8. The molecule has 0 bridgehead atoms. The highest BCUT2D eigenvalue weighted by atomic mass is 32.1. The third-order valence-electron chi connectivity index (χ3n) is 12.6. The van der Waals surface area contributed by atoms with Crippen LogP contribution in [0.5, 0.6) is 0 Å². The number of hydrogen-bond donors (Lipinski definition) is 0. The fraction of sp³-hybridized carbons (Fsp3) is 0. The van der Waals surface area contributed by atoms with Crippen molar-refractivity contribution in [2.75, 3.05) is 0 Å². The number of nitrogens with zero attached hydrogens (tertiary/aromatic N) is 4. The van der Waals surface area contributed by atoms with Crippen molar-refractivity contribution in [3.05, 3.63) is 218 Å². The fourth-order valence-electron chi connectivity index (χ4n) is 9.64. The molecule has 4 nitrogen and oxygen atoms in total. The quantitative estimate of drug-likeness (QED) is 0.167. The number of hydrogen-bond acceptors (Lipinski definition) is 3. The first-order chi connectivity index (χ1) is 31.2. The number of aromatic nitrogens is 4. The van der Waals surface area contributed by atoms with E-state index in [1.165, 1.54) is 70.5 Å². The summed E-state index contributed by atoms with van der Waals surface area (Å²) < 4.78 is 4.64. The van der Waals surface area contributed by atoms with Crippen molar-refractivity contribution in [3.63, 3.8) is 0 Å². The Morgan fingerprint density at radius 1 is 0.333 bits per heavy atom. The molecule has 0 saturated carbocycles. The van der Waals surface area contributed by atoms with Gasteiger partial charge in [0.25, 0.3) is 0 Å². The minimum atomic E-state index is 0.664. The van der Waals surface area contributed by atoms with Crippen LogP contribution in [0.3, 0.4) is 0 Å². The first kappa shape index (κ1) is 35.6. The lowest BCUT2D eigenvalue weighted by molar-refractivity contribution is 1.02. The van der Waals surface area contributed by atoms with Gasteiger partial charge in [0, 0.05) is 43.1 Å². The zero-order valence-electron chi connectivity index (χ0n) is 34.0. The summed E-state index contributed by atoms with van der Waals surface area (Å²) in [4.78, 5) is 13.0. The van der Waals surface area contributed by atoms with Gasteiger partial charge < -0.3 is 4.57 Å². The van der Waals surface area contributed by atoms with Gasteiger partial charge in [-0.15, -0.1) is 11.3 Å². The van der Waals surface area contributed by atoms with Crippen molar-refractivity contribution in [2.45, 2.75) is 0 Å². The van der Waals surface area contributed by atoms with Gasteiger partial charge in [-0.1, -0.05) is 158 Å². The van der Waals surface area contributed by atoms with Crippen LogP contribution in [0, 0.1) is 0 Å². The Kier molecular flexibility index (Phi) is 8.05. The van der Waals surface area contributed by atoms with Crippen molar-refractivity contribution < 1.29 is 0 Å². The Morgan fingerprint density at radius 2 is 0.905 bits per heavy atom. The SMILES string of the molecule is c1ccc(-c2cc3c(-c4ccccc4)nc(-n4c5ccc(-c6cccc(-c7ccc8c(c7)c7ccccc7n8-c7ccccc7)c6)cc5c5c6ccccc6ccc54)nc3s2)cc1. The van der Waals surface area contributed by atoms with Gasteiger partial charge in [0.1, 0.15) is 4.83 Å². The number of fused-ring (bicyclic) bond motifs is 9. The molecule has 0 radical (unpaired) electrons. The number of benzene rings is 9. The van der Waals surface area contributed by atoms with Crippen LogP contribution in [-0.4, -0.2) is 19.1 Å². The predicted molar refractivity (Wildman–Crippen MR) is 265 cm³/mol. The Morgan fingerprint density at radius 3 is 1.67 bits per heavy atom. The number of thiophene rings is 1. The molecule has 0 unspecified atom stereocenters. The van der Waals surface area contributed by atoms with E-state index in [2.05, 4.69) is 228 Å². The largest absolute Gasteiger partial charge is 0.309 e. The first-order valence-corrected chi connectivity index (χ1v) is 22.1. The van der Waals surface area contributed by atoms with Crippen LogP contribution in [-0.2, 0) is 0 Å². The smallest absolute Gasteiger partial charge is 0.236 e. The summed E-state index contributed by atoms with van der Waals surface area (Å²) in [6.07, 6.45) is 0. The molecule has 4 aromatic heterocycles.